The first-order chi connectivity index (χ1) is 7.77. The second kappa shape index (κ2) is 8.04. The molecule has 1 N–H and O–H groups in total. The Morgan fingerprint density at radius 1 is 1.25 bits per heavy atom. The summed E-state index contributed by atoms with van der Waals surface area (Å²) in [5.41, 5.74) is 0. The molecule has 1 fully saturated rings. The molecule has 16 heavy (non-hydrogen) atoms. The number of hydrogen-bond acceptors (Lipinski definition) is 3. The van der Waals surface area contributed by atoms with E-state index in [1.165, 1.54) is 45.6 Å². The fourth-order valence-electron chi connectivity index (χ4n) is 2.45. The van der Waals surface area contributed by atoms with E-state index < -0.39 is 0 Å². The summed E-state index contributed by atoms with van der Waals surface area (Å²) < 4.78 is 0. The number of nitrogens with one attached hydrogen (secondary N) is 1. The Balaban J connectivity index is 1.95. The average Bonchev–Trinajstić information content (AvgIpc) is 2.70. The van der Waals surface area contributed by atoms with Gasteiger partial charge in [0.25, 0.3) is 0 Å². The summed E-state index contributed by atoms with van der Waals surface area (Å²) >= 11 is 0. The van der Waals surface area contributed by atoms with Crippen molar-refractivity contribution in [1.29, 1.82) is 0 Å². The van der Waals surface area contributed by atoms with E-state index in [1.54, 1.807) is 0 Å². The molecule has 0 aromatic rings. The standard InChI is InChI=1S/C13H29N3/c1-4-15(5-2)11-8-14-9-12-16-10-6-7-13(16)3/h13-14H,4-12H2,1-3H3. The van der Waals surface area contributed by atoms with Crippen molar-refractivity contribution in [3.8, 4) is 0 Å². The molecule has 0 bridgehead atoms. The van der Waals surface area contributed by atoms with Crippen molar-refractivity contribution >= 4 is 0 Å². The second-order valence-corrected chi connectivity index (χ2v) is 4.80. The van der Waals surface area contributed by atoms with Crippen LogP contribution >= 0.6 is 0 Å². The lowest BCUT2D eigenvalue weighted by molar-refractivity contribution is 0.261. The molecule has 1 saturated heterocycles. The predicted octanol–water partition coefficient (Wildman–Crippen LogP) is 1.40. The highest BCUT2D eigenvalue weighted by atomic mass is 15.2. The zero-order valence-electron chi connectivity index (χ0n) is 11.3. The molecule has 0 radical (unpaired) electrons. The summed E-state index contributed by atoms with van der Waals surface area (Å²) in [6.45, 7) is 15.1. The fourth-order valence-corrected chi connectivity index (χ4v) is 2.45. The van der Waals surface area contributed by atoms with Gasteiger partial charge in [-0.15, -0.1) is 0 Å². The third-order valence-corrected chi connectivity index (χ3v) is 3.77. The van der Waals surface area contributed by atoms with Gasteiger partial charge in [-0.05, 0) is 39.4 Å². The van der Waals surface area contributed by atoms with Crippen molar-refractivity contribution in [3.63, 3.8) is 0 Å². The van der Waals surface area contributed by atoms with Crippen molar-refractivity contribution in [2.75, 3.05) is 45.8 Å². The van der Waals surface area contributed by atoms with Crippen LogP contribution in [0.1, 0.15) is 33.6 Å². The van der Waals surface area contributed by atoms with Gasteiger partial charge in [0.15, 0.2) is 0 Å². The number of rotatable bonds is 8. The van der Waals surface area contributed by atoms with Crippen LogP contribution in [0.3, 0.4) is 0 Å². The highest BCUT2D eigenvalue weighted by Gasteiger charge is 2.18. The zero-order valence-corrected chi connectivity index (χ0v) is 11.3. The van der Waals surface area contributed by atoms with Crippen LogP contribution in [0.5, 0.6) is 0 Å². The Hall–Kier alpha value is -0.120. The Morgan fingerprint density at radius 2 is 2.00 bits per heavy atom. The van der Waals surface area contributed by atoms with Gasteiger partial charge >= 0.3 is 0 Å². The number of hydrogen-bond donors (Lipinski definition) is 1. The van der Waals surface area contributed by atoms with Gasteiger partial charge in [0, 0.05) is 32.2 Å². The minimum Gasteiger partial charge on any atom is -0.314 e. The summed E-state index contributed by atoms with van der Waals surface area (Å²) in [6.07, 6.45) is 2.78. The first-order valence-electron chi connectivity index (χ1n) is 6.95. The Bertz CT molecular complexity index is 169. The van der Waals surface area contributed by atoms with Gasteiger partial charge in [-0.2, -0.15) is 0 Å². The van der Waals surface area contributed by atoms with E-state index >= 15 is 0 Å². The van der Waals surface area contributed by atoms with Crippen LogP contribution < -0.4 is 5.32 Å². The predicted molar refractivity (Wildman–Crippen MR) is 70.9 cm³/mol. The van der Waals surface area contributed by atoms with Gasteiger partial charge in [-0.3, -0.25) is 4.90 Å². The van der Waals surface area contributed by atoms with Crippen molar-refractivity contribution in [2.24, 2.45) is 0 Å². The molecular formula is C13H29N3. The summed E-state index contributed by atoms with van der Waals surface area (Å²) in [5, 5.41) is 3.55. The first-order valence-corrected chi connectivity index (χ1v) is 6.95. The molecule has 1 unspecified atom stereocenters. The van der Waals surface area contributed by atoms with Gasteiger partial charge in [0.05, 0.1) is 0 Å². The van der Waals surface area contributed by atoms with Crippen LogP contribution in [0.4, 0.5) is 0 Å². The average molecular weight is 227 g/mol. The van der Waals surface area contributed by atoms with E-state index in [0.29, 0.717) is 0 Å². The SMILES string of the molecule is CCN(CC)CCNCCN1CCCC1C. The molecule has 0 aromatic heterocycles. The quantitative estimate of drug-likeness (QED) is 0.632. The maximum Gasteiger partial charge on any atom is 0.0110 e. The third kappa shape index (κ3) is 4.81. The van der Waals surface area contributed by atoms with Crippen LogP contribution in [-0.4, -0.2) is 61.7 Å². The summed E-state index contributed by atoms with van der Waals surface area (Å²) in [6, 6.07) is 0.810. The number of likely N-dealkylation sites (tertiary alicyclic amines) is 1. The minimum atomic E-state index is 0.810. The second-order valence-electron chi connectivity index (χ2n) is 4.80. The monoisotopic (exact) mass is 227 g/mol. The van der Waals surface area contributed by atoms with Gasteiger partial charge < -0.3 is 10.2 Å². The van der Waals surface area contributed by atoms with Crippen LogP contribution in [-0.2, 0) is 0 Å². The topological polar surface area (TPSA) is 18.5 Å². The molecular weight excluding hydrogens is 198 g/mol. The molecule has 0 saturated carbocycles. The third-order valence-electron chi connectivity index (χ3n) is 3.77. The van der Waals surface area contributed by atoms with Crippen molar-refractivity contribution in [3.05, 3.63) is 0 Å². The Labute approximate surface area is 101 Å². The number of nitrogens with zero attached hydrogens (tertiary/aromatic N) is 2. The van der Waals surface area contributed by atoms with Gasteiger partial charge in [-0.1, -0.05) is 13.8 Å². The van der Waals surface area contributed by atoms with E-state index in [2.05, 4.69) is 35.9 Å². The van der Waals surface area contributed by atoms with Crippen LogP contribution in [0.2, 0.25) is 0 Å². The molecule has 1 aliphatic heterocycles. The lowest BCUT2D eigenvalue weighted by Crippen LogP contribution is -2.37. The van der Waals surface area contributed by atoms with Crippen molar-refractivity contribution < 1.29 is 0 Å². The Kier molecular flexibility index (Phi) is 7.01. The smallest absolute Gasteiger partial charge is 0.0110 e. The van der Waals surface area contributed by atoms with E-state index in [-0.39, 0.29) is 0 Å². The van der Waals surface area contributed by atoms with E-state index in [9.17, 15) is 0 Å². The summed E-state index contributed by atoms with van der Waals surface area (Å²) in [7, 11) is 0. The summed E-state index contributed by atoms with van der Waals surface area (Å²) in [5.74, 6) is 0. The fraction of sp³-hybridized carbons (Fsp3) is 1.00. The minimum absolute atomic E-state index is 0.810. The van der Waals surface area contributed by atoms with Crippen LogP contribution in [0, 0.1) is 0 Å². The molecule has 1 heterocycles. The largest absolute Gasteiger partial charge is 0.314 e. The lowest BCUT2D eigenvalue weighted by atomic mass is 10.2. The molecule has 3 heteroatoms. The molecule has 0 spiro atoms. The van der Waals surface area contributed by atoms with E-state index in [1.807, 2.05) is 0 Å². The molecule has 1 rings (SSSR count). The Morgan fingerprint density at radius 3 is 2.56 bits per heavy atom. The molecule has 96 valence electrons. The first kappa shape index (κ1) is 13.9. The van der Waals surface area contributed by atoms with E-state index in [0.717, 1.165) is 19.1 Å². The normalized spacial score (nSPS) is 22.1. The maximum absolute atomic E-state index is 3.55. The zero-order chi connectivity index (χ0) is 11.8. The lowest BCUT2D eigenvalue weighted by Gasteiger charge is -2.22. The van der Waals surface area contributed by atoms with Crippen molar-refractivity contribution in [2.45, 2.75) is 39.7 Å². The summed E-state index contributed by atoms with van der Waals surface area (Å²) in [4.78, 5) is 5.07. The van der Waals surface area contributed by atoms with Gasteiger partial charge in [-0.25, -0.2) is 0 Å². The van der Waals surface area contributed by atoms with Crippen LogP contribution in [0.15, 0.2) is 0 Å². The molecule has 0 aliphatic carbocycles. The van der Waals surface area contributed by atoms with E-state index in [4.69, 9.17) is 0 Å². The van der Waals surface area contributed by atoms with Crippen molar-refractivity contribution in [1.82, 2.24) is 15.1 Å². The molecule has 0 aromatic carbocycles. The molecule has 3 nitrogen and oxygen atoms in total. The molecule has 0 amide bonds. The highest BCUT2D eigenvalue weighted by Crippen LogP contribution is 2.14. The van der Waals surface area contributed by atoms with Crippen LogP contribution in [0.25, 0.3) is 0 Å². The number of likely N-dealkylation sites (N-methyl/N-ethyl adjacent to an activating group) is 1. The highest BCUT2D eigenvalue weighted by molar-refractivity contribution is 4.75. The molecule has 1 atom stereocenters. The van der Waals surface area contributed by atoms with Gasteiger partial charge in [0.1, 0.15) is 0 Å². The maximum atomic E-state index is 3.55. The van der Waals surface area contributed by atoms with Gasteiger partial charge in [0.2, 0.25) is 0 Å². The molecule has 1 aliphatic rings.